The van der Waals surface area contributed by atoms with Crippen molar-refractivity contribution in [3.63, 3.8) is 0 Å². The van der Waals surface area contributed by atoms with Crippen LogP contribution < -0.4 is 11.1 Å². The van der Waals surface area contributed by atoms with Gasteiger partial charge in [-0.1, -0.05) is 12.1 Å². The Kier molecular flexibility index (Phi) is 7.37. The molecule has 102 valence electrons. The number of hydrogen-bond donors (Lipinski definition) is 3. The van der Waals surface area contributed by atoms with Crippen molar-refractivity contribution in [3.8, 4) is 0 Å². The molecule has 0 spiro atoms. The van der Waals surface area contributed by atoms with Crippen LogP contribution in [0, 0.1) is 5.92 Å². The van der Waals surface area contributed by atoms with Crippen molar-refractivity contribution in [1.29, 1.82) is 0 Å². The van der Waals surface area contributed by atoms with Gasteiger partial charge in [0.15, 0.2) is 5.84 Å². The predicted molar refractivity (Wildman–Crippen MR) is 63.4 cm³/mol. The molecule has 0 bridgehead atoms. The van der Waals surface area contributed by atoms with E-state index in [0.29, 0.717) is 11.8 Å². The molecule has 4 nitrogen and oxygen atoms in total. The Morgan fingerprint density at radius 3 is 2.53 bits per heavy atom. The van der Waals surface area contributed by atoms with Crippen molar-refractivity contribution in [3.05, 3.63) is 0 Å². The van der Waals surface area contributed by atoms with E-state index in [-0.39, 0.29) is 6.54 Å². The maximum Gasteiger partial charge on any atom is 0.400 e. The fourth-order valence-electron chi connectivity index (χ4n) is 1.13. The summed E-state index contributed by atoms with van der Waals surface area (Å²) in [6.07, 6.45) is -1.80. The van der Waals surface area contributed by atoms with E-state index in [2.05, 4.69) is 10.5 Å². The Morgan fingerprint density at radius 2 is 2.12 bits per heavy atom. The van der Waals surface area contributed by atoms with Crippen molar-refractivity contribution in [2.75, 3.05) is 19.3 Å². The van der Waals surface area contributed by atoms with Gasteiger partial charge in [-0.25, -0.2) is 0 Å². The number of nitrogens with zero attached hydrogens (tertiary/aromatic N) is 1. The lowest BCUT2D eigenvalue weighted by molar-refractivity contribution is -0.154. The van der Waals surface area contributed by atoms with Crippen LogP contribution in [-0.4, -0.2) is 41.8 Å². The van der Waals surface area contributed by atoms with Crippen LogP contribution in [0.3, 0.4) is 0 Å². The molecule has 0 aromatic carbocycles. The van der Waals surface area contributed by atoms with Gasteiger partial charge in [0.25, 0.3) is 0 Å². The lowest BCUT2D eigenvalue weighted by Crippen LogP contribution is -2.43. The predicted octanol–water partition coefficient (Wildman–Crippen LogP) is 1.64. The summed E-state index contributed by atoms with van der Waals surface area (Å²) in [5.74, 6) is -2.76. The van der Waals surface area contributed by atoms with Gasteiger partial charge in [-0.3, -0.25) is 0 Å². The van der Waals surface area contributed by atoms with E-state index in [1.165, 1.54) is 0 Å². The Morgan fingerprint density at radius 1 is 1.53 bits per heavy atom. The number of nitrogens with one attached hydrogen (secondary N) is 1. The van der Waals surface area contributed by atoms with E-state index >= 15 is 0 Å². The lowest BCUT2D eigenvalue weighted by Gasteiger charge is -2.19. The summed E-state index contributed by atoms with van der Waals surface area (Å²) >= 11 is 1.65. The van der Waals surface area contributed by atoms with E-state index in [1.807, 2.05) is 13.2 Å². The van der Waals surface area contributed by atoms with E-state index in [1.54, 1.807) is 11.8 Å². The molecule has 0 aromatic rings. The molecule has 0 saturated carbocycles. The minimum Gasteiger partial charge on any atom is -0.409 e. The first-order valence-electron chi connectivity index (χ1n) is 5.10. The second kappa shape index (κ2) is 7.65. The third-order valence-corrected chi connectivity index (χ3v) is 3.39. The molecule has 0 aliphatic heterocycles. The second-order valence-corrected chi connectivity index (χ2v) is 4.93. The maximum absolute atomic E-state index is 12.5. The summed E-state index contributed by atoms with van der Waals surface area (Å²) in [7, 11) is 0. The largest absolute Gasteiger partial charge is 0.409 e. The van der Waals surface area contributed by atoms with Crippen LogP contribution in [0.15, 0.2) is 5.16 Å². The minimum absolute atomic E-state index is 0.375. The standard InChI is InChI=1S/C9H18F3N3OS/c1-6(17-2)3-4-14-5-7(8(13)15-16)9(10,11)12/h6-7,14,16H,3-5H2,1-2H3,(H2,13,15). The summed E-state index contributed by atoms with van der Waals surface area (Å²) < 4.78 is 37.5. The highest BCUT2D eigenvalue weighted by molar-refractivity contribution is 7.99. The zero-order chi connectivity index (χ0) is 13.5. The van der Waals surface area contributed by atoms with Gasteiger partial charge in [0.05, 0.1) is 0 Å². The van der Waals surface area contributed by atoms with Gasteiger partial charge in [-0.05, 0) is 19.2 Å². The van der Waals surface area contributed by atoms with Gasteiger partial charge in [0.1, 0.15) is 5.92 Å². The van der Waals surface area contributed by atoms with Gasteiger partial charge < -0.3 is 16.3 Å². The molecule has 0 fully saturated rings. The number of rotatable bonds is 7. The first kappa shape index (κ1) is 16.4. The van der Waals surface area contributed by atoms with Crippen LogP contribution in [0.1, 0.15) is 13.3 Å². The molecule has 0 rings (SSSR count). The number of oxime groups is 1. The van der Waals surface area contributed by atoms with E-state index < -0.39 is 17.9 Å². The van der Waals surface area contributed by atoms with Crippen molar-refractivity contribution in [2.45, 2.75) is 24.8 Å². The molecule has 0 amide bonds. The average molecular weight is 273 g/mol. The number of alkyl halides is 3. The highest BCUT2D eigenvalue weighted by Gasteiger charge is 2.42. The molecule has 0 heterocycles. The van der Waals surface area contributed by atoms with Gasteiger partial charge in [-0.15, -0.1) is 0 Å². The van der Waals surface area contributed by atoms with Gasteiger partial charge >= 0.3 is 6.18 Å². The molecule has 2 unspecified atom stereocenters. The molecule has 0 radical (unpaired) electrons. The highest BCUT2D eigenvalue weighted by atomic mass is 32.2. The first-order chi connectivity index (χ1) is 7.82. The monoisotopic (exact) mass is 273 g/mol. The fraction of sp³-hybridized carbons (Fsp3) is 0.889. The molecule has 0 aliphatic carbocycles. The molecule has 17 heavy (non-hydrogen) atoms. The van der Waals surface area contributed by atoms with Gasteiger partial charge in [-0.2, -0.15) is 24.9 Å². The summed E-state index contributed by atoms with van der Waals surface area (Å²) in [6.45, 7) is 2.09. The van der Waals surface area contributed by atoms with Crippen molar-refractivity contribution in [1.82, 2.24) is 5.32 Å². The number of amidine groups is 1. The average Bonchev–Trinajstić information content (AvgIpc) is 2.25. The highest BCUT2D eigenvalue weighted by Crippen LogP contribution is 2.25. The van der Waals surface area contributed by atoms with Crippen LogP contribution in [0.2, 0.25) is 0 Å². The van der Waals surface area contributed by atoms with Gasteiger partial charge in [0.2, 0.25) is 0 Å². The molecule has 4 N–H and O–H groups in total. The molecular formula is C9H18F3N3OS. The van der Waals surface area contributed by atoms with Crippen LogP contribution in [0.25, 0.3) is 0 Å². The molecule has 2 atom stereocenters. The smallest absolute Gasteiger partial charge is 0.400 e. The van der Waals surface area contributed by atoms with Crippen LogP contribution in [-0.2, 0) is 0 Å². The molecule has 0 saturated heterocycles. The number of nitrogens with two attached hydrogens (primary N) is 1. The van der Waals surface area contributed by atoms with Crippen molar-refractivity contribution >= 4 is 17.6 Å². The molecule has 0 aromatic heterocycles. The minimum atomic E-state index is -4.51. The van der Waals surface area contributed by atoms with E-state index in [9.17, 15) is 13.2 Å². The van der Waals surface area contributed by atoms with E-state index in [0.717, 1.165) is 6.42 Å². The Hall–Kier alpha value is -0.630. The zero-order valence-electron chi connectivity index (χ0n) is 9.79. The van der Waals surface area contributed by atoms with Gasteiger partial charge in [0, 0.05) is 11.8 Å². The molecule has 0 aliphatic rings. The van der Waals surface area contributed by atoms with Crippen LogP contribution in [0.4, 0.5) is 13.2 Å². The summed E-state index contributed by atoms with van der Waals surface area (Å²) in [4.78, 5) is 0. The van der Waals surface area contributed by atoms with Crippen molar-refractivity contribution < 1.29 is 18.4 Å². The van der Waals surface area contributed by atoms with E-state index in [4.69, 9.17) is 10.9 Å². The molecule has 8 heteroatoms. The summed E-state index contributed by atoms with van der Waals surface area (Å²) in [5.41, 5.74) is 5.01. The lowest BCUT2D eigenvalue weighted by atomic mass is 10.1. The third kappa shape index (κ3) is 6.62. The Labute approximate surface area is 103 Å². The number of halogens is 3. The van der Waals surface area contributed by atoms with Crippen LogP contribution in [0.5, 0.6) is 0 Å². The zero-order valence-corrected chi connectivity index (χ0v) is 10.6. The Bertz CT molecular complexity index is 248. The topological polar surface area (TPSA) is 70.6 Å². The Balaban J connectivity index is 4.12. The number of hydrogen-bond acceptors (Lipinski definition) is 4. The number of thioether (sulfide) groups is 1. The SMILES string of the molecule is CSC(C)CCNCC(C(N)=NO)C(F)(F)F. The summed E-state index contributed by atoms with van der Waals surface area (Å²) in [5, 5.41) is 13.8. The third-order valence-electron chi connectivity index (χ3n) is 2.35. The quantitative estimate of drug-likeness (QED) is 0.217. The summed E-state index contributed by atoms with van der Waals surface area (Å²) in [6, 6.07) is 0. The second-order valence-electron chi connectivity index (χ2n) is 3.66. The van der Waals surface area contributed by atoms with Crippen LogP contribution >= 0.6 is 11.8 Å². The van der Waals surface area contributed by atoms with Crippen molar-refractivity contribution in [2.24, 2.45) is 16.8 Å². The maximum atomic E-state index is 12.5. The normalized spacial score (nSPS) is 16.9. The fourth-order valence-corrected chi connectivity index (χ4v) is 1.48. The molecular weight excluding hydrogens is 255 g/mol. The first-order valence-corrected chi connectivity index (χ1v) is 6.39.